The number of amides is 3. The lowest BCUT2D eigenvalue weighted by atomic mass is 9.76. The minimum atomic E-state index is -0.712. The van der Waals surface area contributed by atoms with E-state index in [0.717, 1.165) is 93.2 Å². The van der Waals surface area contributed by atoms with E-state index in [9.17, 15) is 19.2 Å². The van der Waals surface area contributed by atoms with E-state index in [-0.39, 0.29) is 29.3 Å². The lowest BCUT2D eigenvalue weighted by Crippen LogP contribution is -2.63. The summed E-state index contributed by atoms with van der Waals surface area (Å²) in [6.45, 7) is 17.3. The van der Waals surface area contributed by atoms with Crippen molar-refractivity contribution in [3.63, 3.8) is 0 Å². The molecular weight excluding hydrogens is 742 g/mol. The molecule has 0 radical (unpaired) electrons. The molecule has 14 heteroatoms. The Morgan fingerprint density at radius 2 is 1.56 bits per heavy atom. The summed E-state index contributed by atoms with van der Waals surface area (Å²) in [7, 11) is 1.71. The van der Waals surface area contributed by atoms with Gasteiger partial charge in [0.2, 0.25) is 17.5 Å². The van der Waals surface area contributed by atoms with Gasteiger partial charge in [0, 0.05) is 112 Å². The van der Waals surface area contributed by atoms with Crippen molar-refractivity contribution in [2.45, 2.75) is 57.2 Å². The highest BCUT2D eigenvalue weighted by molar-refractivity contribution is 6.33. The van der Waals surface area contributed by atoms with Gasteiger partial charge in [-0.15, -0.1) is 0 Å². The van der Waals surface area contributed by atoms with E-state index in [1.54, 1.807) is 11.6 Å². The molecular formula is C43H48ClN9O4. The number of nitrogens with one attached hydrogen (secondary N) is 1. The second-order valence-corrected chi connectivity index (χ2v) is 17.1. The summed E-state index contributed by atoms with van der Waals surface area (Å²) in [6.07, 6.45) is 3.88. The molecule has 0 aliphatic carbocycles. The number of benzene rings is 3. The molecule has 0 bridgehead atoms. The summed E-state index contributed by atoms with van der Waals surface area (Å²) in [5.74, 6) is -0.658. The number of anilines is 3. The maximum Gasteiger partial charge on any atom is 0.329 e. The number of carbonyl (C=O) groups is 3. The van der Waals surface area contributed by atoms with Crippen LogP contribution in [-0.4, -0.2) is 108 Å². The van der Waals surface area contributed by atoms with Crippen LogP contribution in [0.15, 0.2) is 65.5 Å². The predicted molar refractivity (Wildman–Crippen MR) is 222 cm³/mol. The van der Waals surface area contributed by atoms with Crippen LogP contribution < -0.4 is 25.7 Å². The van der Waals surface area contributed by atoms with Gasteiger partial charge in [-0.25, -0.2) is 9.64 Å². The molecule has 1 aromatic heterocycles. The van der Waals surface area contributed by atoms with Gasteiger partial charge in [0.15, 0.2) is 0 Å². The quantitative estimate of drug-likeness (QED) is 0.214. The molecule has 5 aliphatic rings. The van der Waals surface area contributed by atoms with E-state index in [0.29, 0.717) is 47.8 Å². The number of imide groups is 1. The molecule has 5 fully saturated rings. The van der Waals surface area contributed by atoms with Gasteiger partial charge in [-0.2, -0.15) is 0 Å². The first-order valence-corrected chi connectivity index (χ1v) is 20.5. The average Bonchev–Trinajstić information content (AvgIpc) is 3.65. The van der Waals surface area contributed by atoms with Gasteiger partial charge < -0.3 is 19.6 Å². The van der Waals surface area contributed by atoms with Gasteiger partial charge in [-0.3, -0.25) is 33.7 Å². The molecule has 9 rings (SSSR count). The first-order valence-electron chi connectivity index (χ1n) is 20.1. The van der Waals surface area contributed by atoms with Crippen LogP contribution in [-0.2, 0) is 16.6 Å². The number of piperazine rings is 1. The van der Waals surface area contributed by atoms with Crippen molar-refractivity contribution in [3.8, 4) is 0 Å². The van der Waals surface area contributed by atoms with Crippen molar-refractivity contribution >= 4 is 63.1 Å². The highest BCUT2D eigenvalue weighted by Crippen LogP contribution is 2.46. The number of halogens is 1. The second-order valence-electron chi connectivity index (χ2n) is 16.7. The zero-order chi connectivity index (χ0) is 39.6. The summed E-state index contributed by atoms with van der Waals surface area (Å²) in [4.78, 5) is 66.4. The summed E-state index contributed by atoms with van der Waals surface area (Å²) in [5, 5.41) is 2.90. The van der Waals surface area contributed by atoms with Crippen LogP contribution in [0.1, 0.15) is 55.4 Å². The largest absolute Gasteiger partial charge is 0.371 e. The van der Waals surface area contributed by atoms with Crippen LogP contribution in [0.4, 0.5) is 22.7 Å². The van der Waals surface area contributed by atoms with E-state index >= 15 is 0 Å². The first kappa shape index (κ1) is 37.3. The third kappa shape index (κ3) is 6.72. The van der Waals surface area contributed by atoms with Crippen molar-refractivity contribution in [1.29, 1.82) is 0 Å². The molecule has 6 heterocycles. The van der Waals surface area contributed by atoms with Crippen LogP contribution >= 0.6 is 11.6 Å². The Balaban J connectivity index is 0.761. The topological polar surface area (TPSA) is 111 Å². The monoisotopic (exact) mass is 789 g/mol. The van der Waals surface area contributed by atoms with E-state index in [4.69, 9.17) is 18.2 Å². The van der Waals surface area contributed by atoms with Crippen LogP contribution in [0, 0.1) is 12.0 Å². The van der Waals surface area contributed by atoms with Crippen molar-refractivity contribution in [1.82, 2.24) is 24.3 Å². The van der Waals surface area contributed by atoms with Gasteiger partial charge >= 0.3 is 5.69 Å². The first-order chi connectivity index (χ1) is 27.5. The van der Waals surface area contributed by atoms with Gasteiger partial charge in [-0.1, -0.05) is 17.7 Å². The number of carbonyl (C=O) groups excluding carboxylic acids is 3. The molecule has 1 unspecified atom stereocenters. The molecule has 3 amide bonds. The fraction of sp³-hybridized carbons (Fsp3) is 0.465. The molecule has 0 saturated carbocycles. The summed E-state index contributed by atoms with van der Waals surface area (Å²) in [6, 6.07) is 20.0. The predicted octanol–water partition coefficient (Wildman–Crippen LogP) is 5.05. The Morgan fingerprint density at radius 3 is 2.25 bits per heavy atom. The van der Waals surface area contributed by atoms with E-state index in [1.165, 1.54) is 4.57 Å². The number of nitrogens with zero attached hydrogens (tertiary/aromatic N) is 8. The number of piperidine rings is 2. The number of aryl methyl sites for hydroxylation is 1. The molecule has 296 valence electrons. The number of aromatic nitrogens is 2. The van der Waals surface area contributed by atoms with E-state index in [2.05, 4.69) is 48.8 Å². The molecule has 5 aliphatic heterocycles. The van der Waals surface area contributed by atoms with Gasteiger partial charge in [0.1, 0.15) is 6.04 Å². The Morgan fingerprint density at radius 1 is 0.860 bits per heavy atom. The molecule has 4 aromatic rings. The Labute approximate surface area is 337 Å². The molecule has 1 N–H and O–H groups in total. The maximum atomic E-state index is 13.6. The minimum absolute atomic E-state index is 0.0804. The Hall–Kier alpha value is -5.32. The molecule has 5 saturated heterocycles. The normalized spacial score (nSPS) is 22.9. The summed E-state index contributed by atoms with van der Waals surface area (Å²) >= 11 is 6.39. The average molecular weight is 790 g/mol. The van der Waals surface area contributed by atoms with Gasteiger partial charge in [0.25, 0.3) is 5.91 Å². The molecule has 1 spiro atoms. The lowest BCUT2D eigenvalue weighted by Gasteiger charge is -2.49. The van der Waals surface area contributed by atoms with Gasteiger partial charge in [-0.05, 0) is 92.6 Å². The van der Waals surface area contributed by atoms with Crippen molar-refractivity contribution in [2.75, 3.05) is 73.6 Å². The fourth-order valence-corrected chi connectivity index (χ4v) is 10.2. The van der Waals surface area contributed by atoms with Crippen LogP contribution in [0.3, 0.4) is 0 Å². The van der Waals surface area contributed by atoms with E-state index < -0.39 is 11.9 Å². The van der Waals surface area contributed by atoms with Crippen molar-refractivity contribution in [2.24, 2.45) is 12.5 Å². The fourth-order valence-electron chi connectivity index (χ4n) is 10.00. The lowest BCUT2D eigenvalue weighted by molar-refractivity contribution is -0.135. The van der Waals surface area contributed by atoms with Crippen LogP contribution in [0.2, 0.25) is 5.02 Å². The highest BCUT2D eigenvalue weighted by Gasteiger charge is 2.44. The second kappa shape index (κ2) is 14.6. The number of fused-ring (bicyclic) bond motifs is 1. The van der Waals surface area contributed by atoms with Crippen LogP contribution in [0.25, 0.3) is 15.9 Å². The number of hydrogen-bond donors (Lipinski definition) is 1. The van der Waals surface area contributed by atoms with Gasteiger partial charge in [0.05, 0.1) is 17.6 Å². The molecule has 2 atom stereocenters. The van der Waals surface area contributed by atoms with Crippen molar-refractivity contribution < 1.29 is 14.4 Å². The highest BCUT2D eigenvalue weighted by atomic mass is 35.5. The standard InChI is InChI=1S/C43H48ClN9O4/c1-28-24-43(27-52(28)32-8-10-35(45-2)34(44)22-32)14-16-48(17-15-43)30-6-4-29(5-7-30)41(56)50-20-18-49(19-21-50)33-25-51(26-33)31-9-11-36-38(23-31)53(42(57)47(36)3)37-12-13-39(54)46-40(37)55/h4-11,22-23,28,33,37H,12-21,24-27H2,1,3H3,(H,46,54,55)/t28-,37?/m0/s1. The van der Waals surface area contributed by atoms with Crippen LogP contribution in [0.5, 0.6) is 0 Å². The summed E-state index contributed by atoms with van der Waals surface area (Å²) in [5.41, 5.74) is 5.92. The summed E-state index contributed by atoms with van der Waals surface area (Å²) < 4.78 is 3.09. The zero-order valence-corrected chi connectivity index (χ0v) is 33.2. The Kier molecular flexibility index (Phi) is 9.52. The molecule has 13 nitrogen and oxygen atoms in total. The zero-order valence-electron chi connectivity index (χ0n) is 32.5. The van der Waals surface area contributed by atoms with E-state index in [1.807, 2.05) is 53.4 Å². The maximum absolute atomic E-state index is 13.6. The minimum Gasteiger partial charge on any atom is -0.371 e. The molecule has 3 aromatic carbocycles. The smallest absolute Gasteiger partial charge is 0.329 e. The SMILES string of the molecule is [C-]#[N+]c1ccc(N2CC3(CCN(c4ccc(C(=O)N5CCN(C6CN(c7ccc8c(c7)n(C7CCC(=O)NC7=O)c(=O)n8C)C6)CC5)cc4)CC3)C[C@@H]2C)cc1Cl. The molecule has 57 heavy (non-hydrogen) atoms. The van der Waals surface area contributed by atoms with Crippen molar-refractivity contribution in [3.05, 3.63) is 93.2 Å². The third-order valence-corrected chi connectivity index (χ3v) is 13.7. The number of imidazole rings is 1. The Bertz CT molecular complexity index is 2340. The number of hydrogen-bond acceptors (Lipinski definition) is 8. The third-order valence-electron chi connectivity index (χ3n) is 13.4. The number of rotatable bonds is 6.